The summed E-state index contributed by atoms with van der Waals surface area (Å²) in [5.74, 6) is 2.26. The van der Waals surface area contributed by atoms with E-state index in [-0.39, 0.29) is 11.3 Å². The number of amides is 1. The molecule has 0 atom stereocenters. The van der Waals surface area contributed by atoms with Crippen molar-refractivity contribution < 1.29 is 13.2 Å². The van der Waals surface area contributed by atoms with E-state index in [1.807, 2.05) is 0 Å². The van der Waals surface area contributed by atoms with Crippen LogP contribution in [0, 0.1) is 23.2 Å². The zero-order chi connectivity index (χ0) is 23.9. The molecule has 4 aliphatic carbocycles. The summed E-state index contributed by atoms with van der Waals surface area (Å²) in [4.78, 5) is 18.4. The number of hydrogen-bond donors (Lipinski definition) is 1. The Hall–Kier alpha value is -1.51. The Morgan fingerprint density at radius 1 is 1.06 bits per heavy atom. The van der Waals surface area contributed by atoms with Crippen LogP contribution >= 0.6 is 11.3 Å². The zero-order valence-electron chi connectivity index (χ0n) is 20.4. The number of benzene rings is 1. The summed E-state index contributed by atoms with van der Waals surface area (Å²) in [7, 11) is -3.56. The molecule has 34 heavy (non-hydrogen) atoms. The molecule has 0 spiro atoms. The number of rotatable bonds is 10. The highest BCUT2D eigenvalue weighted by Gasteiger charge is 2.54. The number of anilines is 1. The minimum absolute atomic E-state index is 0.129. The summed E-state index contributed by atoms with van der Waals surface area (Å²) < 4.78 is 29.2. The maximum Gasteiger partial charge on any atom is 0.243 e. The van der Waals surface area contributed by atoms with E-state index in [1.165, 1.54) is 30.6 Å². The third kappa shape index (κ3) is 4.53. The highest BCUT2D eigenvalue weighted by Crippen LogP contribution is 2.60. The first-order valence-electron chi connectivity index (χ1n) is 13.0. The van der Waals surface area contributed by atoms with Gasteiger partial charge in [0, 0.05) is 13.1 Å². The summed E-state index contributed by atoms with van der Waals surface area (Å²) in [6.07, 6.45) is 10.6. The zero-order valence-corrected chi connectivity index (χ0v) is 22.0. The molecule has 1 aromatic carbocycles. The predicted octanol–water partition coefficient (Wildman–Crippen LogP) is 6.04. The van der Waals surface area contributed by atoms with Crippen molar-refractivity contribution in [3.8, 4) is 0 Å². The van der Waals surface area contributed by atoms with Gasteiger partial charge in [0.15, 0.2) is 5.13 Å². The maximum absolute atomic E-state index is 13.4. The van der Waals surface area contributed by atoms with E-state index >= 15 is 0 Å². The van der Waals surface area contributed by atoms with Gasteiger partial charge in [-0.1, -0.05) is 38.0 Å². The Labute approximate surface area is 207 Å². The summed E-state index contributed by atoms with van der Waals surface area (Å²) >= 11 is 1.38. The van der Waals surface area contributed by atoms with Crippen LogP contribution < -0.4 is 5.32 Å². The fourth-order valence-corrected chi connectivity index (χ4v) is 9.43. The molecule has 2 aromatic rings. The molecule has 186 valence electrons. The Balaban J connectivity index is 1.35. The number of hydrogen-bond acceptors (Lipinski definition) is 5. The van der Waals surface area contributed by atoms with E-state index in [0.717, 1.165) is 55.2 Å². The van der Waals surface area contributed by atoms with Crippen molar-refractivity contribution in [2.75, 3.05) is 18.4 Å². The molecule has 0 saturated heterocycles. The standard InChI is InChI=1S/C26H37N3O3S2/c1-3-5-9-29(10-6-4-2)34(31,32)21-7-8-22-23(14-21)33-25(27-22)28-24(30)26-15-18-11-19(16-26)13-20(12-18)17-26/h7-8,14,18-20H,3-6,9-13,15-17H2,1-2H3,(H,27,28,30). The molecular formula is C26H37N3O3S2. The van der Waals surface area contributed by atoms with Crippen LogP contribution in [0.2, 0.25) is 0 Å². The van der Waals surface area contributed by atoms with Gasteiger partial charge in [-0.2, -0.15) is 4.31 Å². The molecule has 4 fully saturated rings. The van der Waals surface area contributed by atoms with Crippen LogP contribution in [0.1, 0.15) is 78.1 Å². The number of unbranched alkanes of at least 4 members (excludes halogenated alkanes) is 2. The number of thiazole rings is 1. The number of carbonyl (C=O) groups excluding carboxylic acids is 1. The van der Waals surface area contributed by atoms with Gasteiger partial charge in [-0.15, -0.1) is 0 Å². The lowest BCUT2D eigenvalue weighted by atomic mass is 9.49. The number of carbonyl (C=O) groups is 1. The third-order valence-corrected chi connectivity index (χ3v) is 11.1. The van der Waals surface area contributed by atoms with Gasteiger partial charge >= 0.3 is 0 Å². The van der Waals surface area contributed by atoms with Crippen LogP contribution in [0.4, 0.5) is 5.13 Å². The average molecular weight is 504 g/mol. The number of aromatic nitrogens is 1. The Morgan fingerprint density at radius 2 is 1.65 bits per heavy atom. The monoisotopic (exact) mass is 503 g/mol. The summed E-state index contributed by atoms with van der Waals surface area (Å²) in [5.41, 5.74) is 0.513. The Kier molecular flexibility index (Phi) is 6.77. The van der Waals surface area contributed by atoms with Crippen molar-refractivity contribution in [3.05, 3.63) is 18.2 Å². The molecule has 0 unspecified atom stereocenters. The molecular weight excluding hydrogens is 466 g/mol. The normalized spacial score (nSPS) is 28.1. The van der Waals surface area contributed by atoms with E-state index < -0.39 is 10.0 Å². The minimum Gasteiger partial charge on any atom is -0.301 e. The van der Waals surface area contributed by atoms with Crippen LogP contribution in [0.5, 0.6) is 0 Å². The van der Waals surface area contributed by atoms with Gasteiger partial charge in [0.1, 0.15) is 0 Å². The number of fused-ring (bicyclic) bond motifs is 1. The number of nitrogens with one attached hydrogen (secondary N) is 1. The van der Waals surface area contributed by atoms with Crippen LogP contribution in [0.25, 0.3) is 10.2 Å². The van der Waals surface area contributed by atoms with E-state index in [9.17, 15) is 13.2 Å². The quantitative estimate of drug-likeness (QED) is 0.428. The molecule has 4 aliphatic rings. The molecule has 1 aromatic heterocycles. The molecule has 8 heteroatoms. The second-order valence-electron chi connectivity index (χ2n) is 10.9. The first-order valence-corrected chi connectivity index (χ1v) is 15.3. The minimum atomic E-state index is -3.56. The van der Waals surface area contributed by atoms with Gasteiger partial charge in [0.2, 0.25) is 15.9 Å². The summed E-state index contributed by atoms with van der Waals surface area (Å²) in [6.45, 7) is 5.25. The van der Waals surface area contributed by atoms with Crippen molar-refractivity contribution in [2.24, 2.45) is 23.2 Å². The van der Waals surface area contributed by atoms with Gasteiger partial charge in [0.05, 0.1) is 20.5 Å². The molecule has 0 radical (unpaired) electrons. The van der Waals surface area contributed by atoms with Gasteiger partial charge in [0.25, 0.3) is 0 Å². The molecule has 6 nitrogen and oxygen atoms in total. The second-order valence-corrected chi connectivity index (χ2v) is 13.9. The molecule has 4 bridgehead atoms. The summed E-state index contributed by atoms with van der Waals surface area (Å²) in [5, 5.41) is 3.72. The average Bonchev–Trinajstić information content (AvgIpc) is 3.19. The van der Waals surface area contributed by atoms with Crippen molar-refractivity contribution in [1.82, 2.24) is 9.29 Å². The van der Waals surface area contributed by atoms with E-state index in [2.05, 4.69) is 24.1 Å². The fourth-order valence-electron chi connectivity index (χ4n) is 6.91. The van der Waals surface area contributed by atoms with E-state index in [0.29, 0.717) is 40.9 Å². The first-order chi connectivity index (χ1) is 16.3. The van der Waals surface area contributed by atoms with Gasteiger partial charge in [-0.05, 0) is 87.3 Å². The third-order valence-electron chi connectivity index (χ3n) is 8.26. The highest BCUT2D eigenvalue weighted by molar-refractivity contribution is 7.89. The number of nitrogens with zero attached hydrogens (tertiary/aromatic N) is 2. The molecule has 1 heterocycles. The van der Waals surface area contributed by atoms with E-state index in [1.54, 1.807) is 22.5 Å². The van der Waals surface area contributed by atoms with Crippen LogP contribution in [-0.2, 0) is 14.8 Å². The van der Waals surface area contributed by atoms with Crippen molar-refractivity contribution in [3.63, 3.8) is 0 Å². The van der Waals surface area contributed by atoms with Crippen molar-refractivity contribution in [1.29, 1.82) is 0 Å². The van der Waals surface area contributed by atoms with Crippen molar-refractivity contribution >= 4 is 42.6 Å². The maximum atomic E-state index is 13.4. The van der Waals surface area contributed by atoms with Crippen LogP contribution in [0.15, 0.2) is 23.1 Å². The predicted molar refractivity (Wildman–Crippen MR) is 137 cm³/mol. The molecule has 6 rings (SSSR count). The summed E-state index contributed by atoms with van der Waals surface area (Å²) in [6, 6.07) is 5.16. The fraction of sp³-hybridized carbons (Fsp3) is 0.692. The topological polar surface area (TPSA) is 79.4 Å². The van der Waals surface area contributed by atoms with Gasteiger partial charge in [-0.3, -0.25) is 4.79 Å². The molecule has 1 N–H and O–H groups in total. The van der Waals surface area contributed by atoms with Crippen LogP contribution in [0.3, 0.4) is 0 Å². The van der Waals surface area contributed by atoms with Gasteiger partial charge < -0.3 is 5.32 Å². The van der Waals surface area contributed by atoms with Crippen molar-refractivity contribution in [2.45, 2.75) is 83.0 Å². The van der Waals surface area contributed by atoms with E-state index in [4.69, 9.17) is 0 Å². The molecule has 1 amide bonds. The van der Waals surface area contributed by atoms with Crippen LogP contribution in [-0.4, -0.2) is 36.7 Å². The highest BCUT2D eigenvalue weighted by atomic mass is 32.2. The molecule has 4 saturated carbocycles. The second kappa shape index (κ2) is 9.51. The number of sulfonamides is 1. The smallest absolute Gasteiger partial charge is 0.243 e. The van der Waals surface area contributed by atoms with Gasteiger partial charge in [-0.25, -0.2) is 13.4 Å². The lowest BCUT2D eigenvalue weighted by Crippen LogP contribution is -2.51. The SMILES string of the molecule is CCCCN(CCCC)S(=O)(=O)c1ccc2nc(NC(=O)C34CC5CC(CC(C5)C3)C4)sc2c1. The first kappa shape index (κ1) is 24.2. The Bertz CT molecular complexity index is 1110. The molecule has 0 aliphatic heterocycles. The lowest BCUT2D eigenvalue weighted by molar-refractivity contribution is -0.140. The largest absolute Gasteiger partial charge is 0.301 e. The Morgan fingerprint density at radius 3 is 2.21 bits per heavy atom. The lowest BCUT2D eigenvalue weighted by Gasteiger charge is -2.55.